The van der Waals surface area contributed by atoms with Gasteiger partial charge < -0.3 is 4.42 Å². The van der Waals surface area contributed by atoms with E-state index in [1.807, 2.05) is 6.92 Å². The summed E-state index contributed by atoms with van der Waals surface area (Å²) < 4.78 is 7.47. The highest BCUT2D eigenvalue weighted by atomic mass is 79.9. The van der Waals surface area contributed by atoms with Gasteiger partial charge in [-0.05, 0) is 52.7 Å². The van der Waals surface area contributed by atoms with Gasteiger partial charge in [-0.2, -0.15) is 0 Å². The van der Waals surface area contributed by atoms with Crippen molar-refractivity contribution in [3.05, 3.63) is 70.8 Å². The molecule has 0 radical (unpaired) electrons. The Labute approximate surface area is 146 Å². The van der Waals surface area contributed by atoms with Gasteiger partial charge >= 0.3 is 5.76 Å². The van der Waals surface area contributed by atoms with E-state index in [9.17, 15) is 9.59 Å². The fourth-order valence-electron chi connectivity index (χ4n) is 2.10. The lowest BCUT2D eigenvalue weighted by molar-refractivity contribution is 0.502. The maximum Gasteiger partial charge on any atom is 0.427 e. The van der Waals surface area contributed by atoms with E-state index in [2.05, 4.69) is 31.9 Å². The number of nitrogens with zero attached hydrogens (tertiary/aromatic N) is 1. The molecule has 0 aliphatic carbocycles. The summed E-state index contributed by atoms with van der Waals surface area (Å²) in [5.41, 5.74) is 0.974. The molecule has 7 heteroatoms. The van der Waals surface area contributed by atoms with Crippen LogP contribution in [0.3, 0.4) is 0 Å². The maximum atomic E-state index is 12.7. The lowest BCUT2D eigenvalue weighted by atomic mass is 10.2. The third-order valence-electron chi connectivity index (χ3n) is 3.23. The first-order valence-electron chi connectivity index (χ1n) is 6.20. The minimum absolute atomic E-state index is 0.215. The van der Waals surface area contributed by atoms with Crippen molar-refractivity contribution < 1.29 is 4.42 Å². The number of halogens is 3. The van der Waals surface area contributed by atoms with E-state index in [0.29, 0.717) is 19.7 Å². The molecule has 0 atom stereocenters. The quantitative estimate of drug-likeness (QED) is 0.557. The number of benzene rings is 2. The van der Waals surface area contributed by atoms with Gasteiger partial charge in [0.1, 0.15) is 0 Å². The van der Waals surface area contributed by atoms with Crippen LogP contribution in [0.25, 0.3) is 16.7 Å². The SMILES string of the molecule is Cc1ccc(-n2c(=O)oc3c(Br)cc(Br)cc3c2=O)cc1Cl. The average molecular weight is 445 g/mol. The molecule has 0 amide bonds. The van der Waals surface area contributed by atoms with Gasteiger partial charge in [0.2, 0.25) is 0 Å². The third kappa shape index (κ3) is 2.55. The predicted octanol–water partition coefficient (Wildman–Crippen LogP) is 4.43. The van der Waals surface area contributed by atoms with Crippen molar-refractivity contribution in [3.63, 3.8) is 0 Å². The van der Waals surface area contributed by atoms with Crippen LogP contribution in [0.4, 0.5) is 0 Å². The fraction of sp³-hybridized carbons (Fsp3) is 0.0667. The van der Waals surface area contributed by atoms with E-state index in [-0.39, 0.29) is 11.0 Å². The molecule has 22 heavy (non-hydrogen) atoms. The summed E-state index contributed by atoms with van der Waals surface area (Å²) in [6.45, 7) is 1.84. The first kappa shape index (κ1) is 15.5. The van der Waals surface area contributed by atoms with Crippen LogP contribution in [-0.2, 0) is 0 Å². The van der Waals surface area contributed by atoms with E-state index in [1.54, 1.807) is 30.3 Å². The van der Waals surface area contributed by atoms with Crippen LogP contribution >= 0.6 is 43.5 Å². The smallest absolute Gasteiger partial charge is 0.408 e. The number of hydrogen-bond donors (Lipinski definition) is 0. The molecule has 3 aromatic rings. The van der Waals surface area contributed by atoms with Gasteiger partial charge in [-0.1, -0.05) is 33.6 Å². The van der Waals surface area contributed by atoms with Crippen molar-refractivity contribution in [2.75, 3.05) is 0 Å². The number of aromatic nitrogens is 1. The zero-order valence-corrected chi connectivity index (χ0v) is 15.1. The highest BCUT2D eigenvalue weighted by molar-refractivity contribution is 9.11. The average Bonchev–Trinajstić information content (AvgIpc) is 2.44. The van der Waals surface area contributed by atoms with Crippen LogP contribution in [0.15, 0.2) is 53.3 Å². The van der Waals surface area contributed by atoms with Crippen molar-refractivity contribution >= 4 is 54.4 Å². The molecular formula is C15H8Br2ClNO3. The van der Waals surface area contributed by atoms with Gasteiger partial charge in [-0.3, -0.25) is 4.79 Å². The Hall–Kier alpha value is -1.37. The van der Waals surface area contributed by atoms with E-state index >= 15 is 0 Å². The van der Waals surface area contributed by atoms with Crippen LogP contribution < -0.4 is 11.3 Å². The van der Waals surface area contributed by atoms with Crippen molar-refractivity contribution in [2.24, 2.45) is 0 Å². The van der Waals surface area contributed by atoms with E-state index in [0.717, 1.165) is 10.1 Å². The molecule has 0 fully saturated rings. The molecular weight excluding hydrogens is 437 g/mol. The molecule has 0 saturated carbocycles. The van der Waals surface area contributed by atoms with Crippen molar-refractivity contribution in [1.82, 2.24) is 4.57 Å². The molecule has 2 aromatic carbocycles. The summed E-state index contributed by atoms with van der Waals surface area (Å²) in [6, 6.07) is 8.27. The Morgan fingerprint density at radius 3 is 2.55 bits per heavy atom. The maximum absolute atomic E-state index is 12.7. The minimum Gasteiger partial charge on any atom is -0.408 e. The second kappa shape index (κ2) is 5.68. The lowest BCUT2D eigenvalue weighted by Gasteiger charge is -2.08. The zero-order chi connectivity index (χ0) is 16.0. The normalized spacial score (nSPS) is 11.1. The highest BCUT2D eigenvalue weighted by Crippen LogP contribution is 2.26. The van der Waals surface area contributed by atoms with Crippen molar-refractivity contribution in [1.29, 1.82) is 0 Å². The van der Waals surface area contributed by atoms with Crippen LogP contribution in [-0.4, -0.2) is 4.57 Å². The van der Waals surface area contributed by atoms with E-state index in [4.69, 9.17) is 16.0 Å². The Bertz CT molecular complexity index is 1020. The van der Waals surface area contributed by atoms with Gasteiger partial charge in [-0.15, -0.1) is 0 Å². The van der Waals surface area contributed by atoms with Gasteiger partial charge in [0, 0.05) is 9.50 Å². The summed E-state index contributed by atoms with van der Waals surface area (Å²) in [5.74, 6) is -0.763. The second-order valence-corrected chi connectivity index (χ2v) is 6.88. The Kier molecular flexibility index (Phi) is 4.01. The summed E-state index contributed by atoms with van der Waals surface area (Å²) in [4.78, 5) is 24.9. The van der Waals surface area contributed by atoms with Crippen molar-refractivity contribution in [3.8, 4) is 5.69 Å². The monoisotopic (exact) mass is 443 g/mol. The number of fused-ring (bicyclic) bond motifs is 1. The molecule has 0 bridgehead atoms. The Morgan fingerprint density at radius 1 is 1.14 bits per heavy atom. The highest BCUT2D eigenvalue weighted by Gasteiger charge is 2.15. The minimum atomic E-state index is -0.763. The number of rotatable bonds is 1. The predicted molar refractivity (Wildman–Crippen MR) is 93.2 cm³/mol. The molecule has 112 valence electrons. The molecule has 0 unspecified atom stereocenters. The van der Waals surface area contributed by atoms with Gasteiger partial charge in [0.25, 0.3) is 5.56 Å². The lowest BCUT2D eigenvalue weighted by Crippen LogP contribution is -2.31. The van der Waals surface area contributed by atoms with Crippen molar-refractivity contribution in [2.45, 2.75) is 6.92 Å². The molecule has 0 aliphatic heterocycles. The van der Waals surface area contributed by atoms with E-state index < -0.39 is 11.3 Å². The van der Waals surface area contributed by atoms with Crippen LogP contribution in [0, 0.1) is 6.92 Å². The van der Waals surface area contributed by atoms with Crippen LogP contribution in [0.5, 0.6) is 0 Å². The molecule has 0 spiro atoms. The van der Waals surface area contributed by atoms with Crippen LogP contribution in [0.1, 0.15) is 5.56 Å². The molecule has 0 saturated heterocycles. The molecule has 4 nitrogen and oxygen atoms in total. The standard InChI is InChI=1S/C15H8Br2ClNO3/c1-7-2-3-9(6-12(7)18)19-14(20)10-4-8(16)5-11(17)13(10)22-15(19)21/h2-6H,1H3. The Morgan fingerprint density at radius 2 is 1.86 bits per heavy atom. The molecule has 3 rings (SSSR count). The Balaban J connectivity index is 2.42. The summed E-state index contributed by atoms with van der Waals surface area (Å²) in [5, 5.41) is 0.761. The van der Waals surface area contributed by atoms with E-state index in [1.165, 1.54) is 0 Å². The van der Waals surface area contributed by atoms with Crippen LogP contribution in [0.2, 0.25) is 5.02 Å². The first-order valence-corrected chi connectivity index (χ1v) is 8.16. The zero-order valence-electron chi connectivity index (χ0n) is 11.2. The third-order valence-corrected chi connectivity index (χ3v) is 4.68. The first-order chi connectivity index (χ1) is 10.4. The number of hydrogen-bond acceptors (Lipinski definition) is 3. The number of aryl methyl sites for hydroxylation is 1. The second-order valence-electron chi connectivity index (χ2n) is 4.71. The van der Waals surface area contributed by atoms with Gasteiger partial charge in [-0.25, -0.2) is 9.36 Å². The molecule has 1 heterocycles. The largest absolute Gasteiger partial charge is 0.427 e. The summed E-state index contributed by atoms with van der Waals surface area (Å²) in [6.07, 6.45) is 0. The summed E-state index contributed by atoms with van der Waals surface area (Å²) in [7, 11) is 0. The van der Waals surface area contributed by atoms with Gasteiger partial charge in [0.15, 0.2) is 5.58 Å². The summed E-state index contributed by atoms with van der Waals surface area (Å²) >= 11 is 12.7. The topological polar surface area (TPSA) is 52.2 Å². The fourth-order valence-corrected chi connectivity index (χ4v) is 3.58. The molecule has 0 aliphatic rings. The molecule has 1 aromatic heterocycles. The van der Waals surface area contributed by atoms with Gasteiger partial charge in [0.05, 0.1) is 15.5 Å². The molecule has 0 N–H and O–H groups in total.